The van der Waals surface area contributed by atoms with Crippen LogP contribution in [0.5, 0.6) is 17.2 Å². The molecule has 33 heavy (non-hydrogen) atoms. The van der Waals surface area contributed by atoms with Crippen LogP contribution in [-0.2, 0) is 0 Å². The first-order valence-corrected chi connectivity index (χ1v) is 9.92. The van der Waals surface area contributed by atoms with Gasteiger partial charge in [0.2, 0.25) is 0 Å². The molecule has 12 nitrogen and oxygen atoms in total. The Morgan fingerprint density at radius 2 is 1.21 bits per heavy atom. The number of nitrogens with one attached hydrogen (secondary N) is 4. The Bertz CT molecular complexity index is 1110. The van der Waals surface area contributed by atoms with Gasteiger partial charge in [-0.3, -0.25) is 0 Å². The van der Waals surface area contributed by atoms with Gasteiger partial charge in [0, 0.05) is 35.3 Å². The summed E-state index contributed by atoms with van der Waals surface area (Å²) in [6.45, 7) is 0.321. The Morgan fingerprint density at radius 3 is 1.76 bits per heavy atom. The Labute approximate surface area is 190 Å². The highest BCUT2D eigenvalue weighted by atomic mass is 16.7. The molecular formula is C21H25N9O3. The van der Waals surface area contributed by atoms with E-state index in [4.69, 9.17) is 31.7 Å². The third kappa shape index (κ3) is 6.56. The van der Waals surface area contributed by atoms with Crippen molar-refractivity contribution in [3.05, 3.63) is 84.7 Å². The van der Waals surface area contributed by atoms with E-state index >= 15 is 0 Å². The van der Waals surface area contributed by atoms with Crippen LogP contribution in [0, 0.1) is 0 Å². The lowest BCUT2D eigenvalue weighted by Gasteiger charge is -2.34. The highest BCUT2D eigenvalue weighted by molar-refractivity contribution is 5.44. The SMILES string of the molecule is Nc1cccc(ONC2=CN(NOc3cccc(N)c3)NN(NOc3cccc(N)c3)C2)c1. The maximum absolute atomic E-state index is 5.80. The fourth-order valence-electron chi connectivity index (χ4n) is 2.79. The molecule has 10 N–H and O–H groups in total. The molecule has 0 radical (unpaired) electrons. The van der Waals surface area contributed by atoms with Crippen LogP contribution in [0.3, 0.4) is 0 Å². The second kappa shape index (κ2) is 10.3. The topological polar surface area (TPSA) is 160 Å². The van der Waals surface area contributed by atoms with Crippen LogP contribution in [0.2, 0.25) is 0 Å². The van der Waals surface area contributed by atoms with E-state index in [0.717, 1.165) is 0 Å². The van der Waals surface area contributed by atoms with Crippen molar-refractivity contribution in [2.24, 2.45) is 0 Å². The van der Waals surface area contributed by atoms with Crippen LogP contribution in [0.1, 0.15) is 0 Å². The van der Waals surface area contributed by atoms with Gasteiger partial charge in [-0.05, 0) is 42.0 Å². The number of rotatable bonds is 9. The van der Waals surface area contributed by atoms with E-state index in [9.17, 15) is 0 Å². The van der Waals surface area contributed by atoms with Crippen molar-refractivity contribution in [2.75, 3.05) is 23.7 Å². The molecule has 0 saturated heterocycles. The van der Waals surface area contributed by atoms with E-state index in [1.165, 1.54) is 10.2 Å². The summed E-state index contributed by atoms with van der Waals surface area (Å²) < 4.78 is 0. The standard InChI is InChI=1S/C21H25N9O3/c22-15-4-1-7-19(10-15)31-25-18-13-29(27-32-20-8-2-5-16(23)11-20)26-30(14-18)28-33-21-9-3-6-17(24)12-21/h1-13,25-28H,14,22-24H2. The van der Waals surface area contributed by atoms with Crippen molar-refractivity contribution in [2.45, 2.75) is 0 Å². The maximum atomic E-state index is 5.80. The minimum absolute atomic E-state index is 0.321. The number of hydrazine groups is 4. The number of hydrogen-bond acceptors (Lipinski definition) is 12. The molecule has 1 aliphatic heterocycles. The number of benzene rings is 3. The minimum Gasteiger partial charge on any atom is -0.399 e. The number of nitrogens with zero attached hydrogens (tertiary/aromatic N) is 2. The van der Waals surface area contributed by atoms with E-state index in [0.29, 0.717) is 46.6 Å². The summed E-state index contributed by atoms with van der Waals surface area (Å²) in [6.07, 6.45) is 1.69. The molecule has 1 aliphatic rings. The summed E-state index contributed by atoms with van der Waals surface area (Å²) in [5.74, 6) is 1.62. The third-order valence-electron chi connectivity index (χ3n) is 4.25. The summed E-state index contributed by atoms with van der Waals surface area (Å²) in [4.78, 5) is 16.8. The van der Waals surface area contributed by atoms with Crippen LogP contribution in [0.4, 0.5) is 17.1 Å². The zero-order chi connectivity index (χ0) is 23.0. The third-order valence-corrected chi connectivity index (χ3v) is 4.25. The van der Waals surface area contributed by atoms with Gasteiger partial charge in [0.1, 0.15) is 0 Å². The van der Waals surface area contributed by atoms with Crippen LogP contribution >= 0.6 is 0 Å². The molecular weight excluding hydrogens is 426 g/mol. The smallest absolute Gasteiger partial charge is 0.157 e. The first-order chi connectivity index (χ1) is 16.0. The molecule has 172 valence electrons. The van der Waals surface area contributed by atoms with Crippen LogP contribution < -0.4 is 53.9 Å². The van der Waals surface area contributed by atoms with Crippen molar-refractivity contribution in [1.82, 2.24) is 32.4 Å². The van der Waals surface area contributed by atoms with Gasteiger partial charge in [-0.25, -0.2) is 5.48 Å². The fourth-order valence-corrected chi connectivity index (χ4v) is 2.79. The molecule has 0 amide bonds. The first kappa shape index (κ1) is 21.9. The average molecular weight is 451 g/mol. The molecule has 12 heteroatoms. The Morgan fingerprint density at radius 1 is 0.697 bits per heavy atom. The van der Waals surface area contributed by atoms with Gasteiger partial charge in [0.25, 0.3) is 0 Å². The molecule has 0 unspecified atom stereocenters. The van der Waals surface area contributed by atoms with Gasteiger partial charge in [-0.2, -0.15) is 5.12 Å². The lowest BCUT2D eigenvalue weighted by Crippen LogP contribution is -2.63. The first-order valence-electron chi connectivity index (χ1n) is 9.92. The van der Waals surface area contributed by atoms with Gasteiger partial charge in [0.15, 0.2) is 17.2 Å². The molecule has 4 rings (SSSR count). The van der Waals surface area contributed by atoms with E-state index in [-0.39, 0.29) is 0 Å². The molecule has 0 bridgehead atoms. The Kier molecular flexibility index (Phi) is 6.82. The van der Waals surface area contributed by atoms with Crippen LogP contribution in [0.15, 0.2) is 84.7 Å². The summed E-state index contributed by atoms with van der Waals surface area (Å²) >= 11 is 0. The van der Waals surface area contributed by atoms with E-state index < -0.39 is 0 Å². The molecule has 0 atom stereocenters. The number of hydrogen-bond donors (Lipinski definition) is 7. The van der Waals surface area contributed by atoms with Gasteiger partial charge in [-0.15, -0.1) is 10.7 Å². The van der Waals surface area contributed by atoms with E-state index in [1.807, 2.05) is 0 Å². The van der Waals surface area contributed by atoms with E-state index in [2.05, 4.69) is 22.2 Å². The molecule has 1 heterocycles. The Balaban J connectivity index is 1.41. The van der Waals surface area contributed by atoms with Crippen LogP contribution in [0.25, 0.3) is 0 Å². The number of nitrogen functional groups attached to an aromatic ring is 3. The summed E-state index contributed by atoms with van der Waals surface area (Å²) in [5, 5.41) is 2.97. The lowest BCUT2D eigenvalue weighted by atomic mass is 10.3. The van der Waals surface area contributed by atoms with Crippen molar-refractivity contribution in [1.29, 1.82) is 0 Å². The predicted octanol–water partition coefficient (Wildman–Crippen LogP) is 1.19. The number of anilines is 3. The van der Waals surface area contributed by atoms with Gasteiger partial charge < -0.3 is 31.7 Å². The Hall–Kier alpha value is -4.36. The highest BCUT2D eigenvalue weighted by Crippen LogP contribution is 2.16. The highest BCUT2D eigenvalue weighted by Gasteiger charge is 2.19. The van der Waals surface area contributed by atoms with Gasteiger partial charge in [-0.1, -0.05) is 23.8 Å². The maximum Gasteiger partial charge on any atom is 0.157 e. The van der Waals surface area contributed by atoms with Gasteiger partial charge >= 0.3 is 0 Å². The van der Waals surface area contributed by atoms with Crippen molar-refractivity contribution in [3.8, 4) is 17.2 Å². The molecule has 3 aromatic carbocycles. The predicted molar refractivity (Wildman–Crippen MR) is 124 cm³/mol. The average Bonchev–Trinajstić information content (AvgIpc) is 2.80. The number of hydroxylamine groups is 1. The zero-order valence-electron chi connectivity index (χ0n) is 17.6. The molecule has 0 fully saturated rings. The normalized spacial score (nSPS) is 13.8. The summed E-state index contributed by atoms with van der Waals surface area (Å²) in [6, 6.07) is 21.1. The monoisotopic (exact) mass is 451 g/mol. The molecule has 3 aromatic rings. The van der Waals surface area contributed by atoms with Crippen molar-refractivity contribution >= 4 is 17.1 Å². The lowest BCUT2D eigenvalue weighted by molar-refractivity contribution is -0.138. The molecule has 0 saturated carbocycles. The largest absolute Gasteiger partial charge is 0.399 e. The van der Waals surface area contributed by atoms with Crippen molar-refractivity contribution in [3.63, 3.8) is 0 Å². The second-order valence-corrected chi connectivity index (χ2v) is 7.02. The summed E-state index contributed by atoms with van der Waals surface area (Å²) in [5.41, 5.74) is 31.2. The van der Waals surface area contributed by atoms with Gasteiger partial charge in [0.05, 0.1) is 18.4 Å². The second-order valence-electron chi connectivity index (χ2n) is 7.02. The molecule has 0 spiro atoms. The fraction of sp³-hybridized carbons (Fsp3) is 0.0476. The molecule has 0 aliphatic carbocycles. The molecule has 0 aromatic heterocycles. The number of nitrogens with two attached hydrogens (primary N) is 3. The quantitative estimate of drug-likeness (QED) is 0.184. The van der Waals surface area contributed by atoms with Crippen molar-refractivity contribution < 1.29 is 14.5 Å². The zero-order valence-corrected chi connectivity index (χ0v) is 17.6. The summed E-state index contributed by atoms with van der Waals surface area (Å²) in [7, 11) is 0. The van der Waals surface area contributed by atoms with Crippen LogP contribution in [-0.4, -0.2) is 16.8 Å². The van der Waals surface area contributed by atoms with E-state index in [1.54, 1.807) is 79.0 Å². The minimum atomic E-state index is 0.321.